The Balaban J connectivity index is 2.63. The molecule has 0 spiro atoms. The number of benzene rings is 1. The zero-order valence-corrected chi connectivity index (χ0v) is 9.44. The molecule has 5 heteroatoms. The fourth-order valence-corrected chi connectivity index (χ4v) is 1.63. The molecule has 82 valence electrons. The average Bonchev–Trinajstić information content (AvgIpc) is 2.26. The van der Waals surface area contributed by atoms with E-state index in [9.17, 15) is 9.18 Å². The van der Waals surface area contributed by atoms with E-state index in [0.29, 0.717) is 15.6 Å². The van der Waals surface area contributed by atoms with Crippen LogP contribution < -0.4 is 5.56 Å². The van der Waals surface area contributed by atoms with Gasteiger partial charge < -0.3 is 4.98 Å². The summed E-state index contributed by atoms with van der Waals surface area (Å²) in [5, 5.41) is 0.709. The van der Waals surface area contributed by atoms with Crippen LogP contribution in [0.3, 0.4) is 0 Å². The Labute approximate surface area is 101 Å². The van der Waals surface area contributed by atoms with E-state index in [2.05, 4.69) is 4.98 Å². The number of hydrogen-bond donors (Lipinski definition) is 1. The number of halogens is 3. The number of pyridine rings is 1. The molecule has 2 aromatic rings. The number of hydrogen-bond acceptors (Lipinski definition) is 1. The van der Waals surface area contributed by atoms with Crippen LogP contribution in [0.15, 0.2) is 35.3 Å². The van der Waals surface area contributed by atoms with Crippen molar-refractivity contribution in [3.63, 3.8) is 0 Å². The Kier molecular flexibility index (Phi) is 2.99. The highest BCUT2D eigenvalue weighted by molar-refractivity contribution is 6.42. The van der Waals surface area contributed by atoms with Gasteiger partial charge in [-0.25, -0.2) is 4.39 Å². The molecule has 0 bridgehead atoms. The highest BCUT2D eigenvalue weighted by Crippen LogP contribution is 2.26. The number of rotatable bonds is 1. The van der Waals surface area contributed by atoms with Gasteiger partial charge in [0, 0.05) is 11.8 Å². The SMILES string of the molecule is O=c1[nH]cc(F)cc1-c1ccc(Cl)c(Cl)c1. The van der Waals surface area contributed by atoms with Crippen molar-refractivity contribution in [1.29, 1.82) is 0 Å². The van der Waals surface area contributed by atoms with E-state index in [-0.39, 0.29) is 11.1 Å². The van der Waals surface area contributed by atoms with Gasteiger partial charge in [-0.15, -0.1) is 0 Å². The van der Waals surface area contributed by atoms with Crippen LogP contribution in [0.4, 0.5) is 4.39 Å². The molecule has 16 heavy (non-hydrogen) atoms. The van der Waals surface area contributed by atoms with Crippen LogP contribution in [0.5, 0.6) is 0 Å². The van der Waals surface area contributed by atoms with Crippen LogP contribution in [0.25, 0.3) is 11.1 Å². The third-order valence-corrected chi connectivity index (χ3v) is 2.84. The second-order valence-corrected chi connectivity index (χ2v) is 4.00. The van der Waals surface area contributed by atoms with Gasteiger partial charge in [0.2, 0.25) is 0 Å². The summed E-state index contributed by atoms with van der Waals surface area (Å²) >= 11 is 11.6. The van der Waals surface area contributed by atoms with E-state index in [4.69, 9.17) is 23.2 Å². The summed E-state index contributed by atoms with van der Waals surface area (Å²) in [6, 6.07) is 5.84. The first-order chi connectivity index (χ1) is 7.58. The van der Waals surface area contributed by atoms with E-state index in [1.807, 2.05) is 0 Å². The number of aromatic amines is 1. The zero-order valence-electron chi connectivity index (χ0n) is 7.93. The molecule has 0 unspecified atom stereocenters. The molecule has 0 radical (unpaired) electrons. The fraction of sp³-hybridized carbons (Fsp3) is 0. The van der Waals surface area contributed by atoms with E-state index in [1.54, 1.807) is 12.1 Å². The Morgan fingerprint density at radius 1 is 1.12 bits per heavy atom. The molecule has 0 fully saturated rings. The number of aromatic nitrogens is 1. The Morgan fingerprint density at radius 2 is 1.88 bits per heavy atom. The first-order valence-electron chi connectivity index (χ1n) is 4.41. The summed E-state index contributed by atoms with van der Waals surface area (Å²) in [6.45, 7) is 0. The van der Waals surface area contributed by atoms with E-state index < -0.39 is 5.82 Å². The molecule has 0 amide bonds. The summed E-state index contributed by atoms with van der Waals surface area (Å²) in [6.07, 6.45) is 1.00. The van der Waals surface area contributed by atoms with Crippen molar-refractivity contribution in [1.82, 2.24) is 4.98 Å². The molecule has 0 saturated carbocycles. The van der Waals surface area contributed by atoms with Crippen LogP contribution in [-0.4, -0.2) is 4.98 Å². The normalized spacial score (nSPS) is 10.4. The van der Waals surface area contributed by atoms with Crippen molar-refractivity contribution in [2.75, 3.05) is 0 Å². The summed E-state index contributed by atoms with van der Waals surface area (Å²) in [5.41, 5.74) is 0.369. The van der Waals surface area contributed by atoms with Gasteiger partial charge in [-0.05, 0) is 23.8 Å². The molecule has 2 rings (SSSR count). The average molecular weight is 258 g/mol. The Bertz CT molecular complexity index is 595. The maximum atomic E-state index is 13.0. The highest BCUT2D eigenvalue weighted by Gasteiger charge is 2.07. The summed E-state index contributed by atoms with van der Waals surface area (Å²) in [4.78, 5) is 13.8. The standard InChI is InChI=1S/C11H6Cl2FNO/c12-9-2-1-6(3-10(9)13)8-4-7(14)5-15-11(8)16/h1-5H,(H,15,16). The topological polar surface area (TPSA) is 32.9 Å². The van der Waals surface area contributed by atoms with Crippen molar-refractivity contribution < 1.29 is 4.39 Å². The zero-order chi connectivity index (χ0) is 11.7. The van der Waals surface area contributed by atoms with Gasteiger partial charge in [-0.1, -0.05) is 29.3 Å². The predicted octanol–water partition coefficient (Wildman–Crippen LogP) is 3.49. The van der Waals surface area contributed by atoms with Crippen molar-refractivity contribution in [3.8, 4) is 11.1 Å². The third-order valence-electron chi connectivity index (χ3n) is 2.10. The lowest BCUT2D eigenvalue weighted by molar-refractivity contribution is 0.621. The molecule has 0 aliphatic carbocycles. The Morgan fingerprint density at radius 3 is 2.56 bits per heavy atom. The molecule has 1 heterocycles. The highest BCUT2D eigenvalue weighted by atomic mass is 35.5. The van der Waals surface area contributed by atoms with Crippen LogP contribution in [-0.2, 0) is 0 Å². The largest absolute Gasteiger partial charge is 0.326 e. The number of H-pyrrole nitrogens is 1. The first-order valence-corrected chi connectivity index (χ1v) is 5.17. The van der Waals surface area contributed by atoms with E-state index in [0.717, 1.165) is 12.3 Å². The van der Waals surface area contributed by atoms with Gasteiger partial charge >= 0.3 is 0 Å². The quantitative estimate of drug-likeness (QED) is 0.834. The minimum absolute atomic E-state index is 0.221. The van der Waals surface area contributed by atoms with Gasteiger partial charge in [0.25, 0.3) is 5.56 Å². The van der Waals surface area contributed by atoms with Gasteiger partial charge in [0.05, 0.1) is 10.0 Å². The number of nitrogens with one attached hydrogen (secondary N) is 1. The second kappa shape index (κ2) is 4.28. The predicted molar refractivity (Wildman–Crippen MR) is 62.5 cm³/mol. The fourth-order valence-electron chi connectivity index (χ4n) is 1.34. The first kappa shape index (κ1) is 11.2. The molecule has 0 aliphatic heterocycles. The molecular formula is C11H6Cl2FNO. The maximum Gasteiger partial charge on any atom is 0.256 e. The van der Waals surface area contributed by atoms with Crippen LogP contribution in [0, 0.1) is 5.82 Å². The second-order valence-electron chi connectivity index (χ2n) is 3.19. The monoisotopic (exact) mass is 257 g/mol. The molecule has 0 atom stereocenters. The molecule has 1 N–H and O–H groups in total. The summed E-state index contributed by atoms with van der Waals surface area (Å²) in [7, 11) is 0. The van der Waals surface area contributed by atoms with Crippen molar-refractivity contribution in [2.24, 2.45) is 0 Å². The molecular weight excluding hydrogens is 252 g/mol. The summed E-state index contributed by atoms with van der Waals surface area (Å²) < 4.78 is 13.0. The van der Waals surface area contributed by atoms with Gasteiger partial charge in [-0.3, -0.25) is 4.79 Å². The lowest BCUT2D eigenvalue weighted by atomic mass is 10.1. The third kappa shape index (κ3) is 2.10. The molecule has 0 saturated heterocycles. The van der Waals surface area contributed by atoms with E-state index >= 15 is 0 Å². The van der Waals surface area contributed by atoms with Crippen LogP contribution in [0.1, 0.15) is 0 Å². The Hall–Kier alpha value is -1.32. The van der Waals surface area contributed by atoms with Gasteiger partial charge in [0.15, 0.2) is 0 Å². The van der Waals surface area contributed by atoms with Crippen molar-refractivity contribution in [2.45, 2.75) is 0 Å². The van der Waals surface area contributed by atoms with Crippen LogP contribution in [0.2, 0.25) is 10.0 Å². The summed E-state index contributed by atoms with van der Waals surface area (Å²) in [5.74, 6) is -0.513. The molecule has 0 aliphatic rings. The van der Waals surface area contributed by atoms with Gasteiger partial charge in [-0.2, -0.15) is 0 Å². The minimum atomic E-state index is -0.513. The lowest BCUT2D eigenvalue weighted by Gasteiger charge is -2.02. The lowest BCUT2D eigenvalue weighted by Crippen LogP contribution is -2.08. The van der Waals surface area contributed by atoms with E-state index in [1.165, 1.54) is 6.07 Å². The molecule has 1 aromatic heterocycles. The van der Waals surface area contributed by atoms with Crippen LogP contribution >= 0.6 is 23.2 Å². The van der Waals surface area contributed by atoms with Gasteiger partial charge in [0.1, 0.15) is 5.82 Å². The molecule has 1 aromatic carbocycles. The minimum Gasteiger partial charge on any atom is -0.326 e. The van der Waals surface area contributed by atoms with Crippen molar-refractivity contribution in [3.05, 3.63) is 56.7 Å². The maximum absolute atomic E-state index is 13.0. The van der Waals surface area contributed by atoms with Crippen molar-refractivity contribution >= 4 is 23.2 Å². The molecule has 2 nitrogen and oxygen atoms in total. The smallest absolute Gasteiger partial charge is 0.256 e.